The number of benzene rings is 1. The van der Waals surface area contributed by atoms with E-state index in [1.807, 2.05) is 12.2 Å². The first kappa shape index (κ1) is 10.6. The van der Waals surface area contributed by atoms with Crippen LogP contribution < -0.4 is 0 Å². The lowest BCUT2D eigenvalue weighted by atomic mass is 9.81. The Bertz CT molecular complexity index is 470. The summed E-state index contributed by atoms with van der Waals surface area (Å²) in [6.07, 6.45) is 8.83. The minimum absolute atomic E-state index is 0.427. The summed E-state index contributed by atoms with van der Waals surface area (Å²) in [5.74, 6) is 0. The molecule has 86 valence electrons. The minimum atomic E-state index is 0.427. The first-order chi connectivity index (χ1) is 8.26. The number of rotatable bonds is 2. The Labute approximate surface area is 103 Å². The van der Waals surface area contributed by atoms with E-state index >= 15 is 0 Å². The molecule has 0 nitrogen and oxygen atoms in total. The van der Waals surface area contributed by atoms with Crippen molar-refractivity contribution in [3.63, 3.8) is 0 Å². The van der Waals surface area contributed by atoms with Crippen LogP contribution in [-0.4, -0.2) is 0 Å². The molecule has 17 heavy (non-hydrogen) atoms. The van der Waals surface area contributed by atoms with Gasteiger partial charge in [-0.25, -0.2) is 0 Å². The standard InChI is InChI=1S/C17H18/c1-3-13-9-17(10-14(13)4-2)11-15-7-5-6-8-16(15)12-17/h3-8H,1-2,9-12H2. The lowest BCUT2D eigenvalue weighted by Crippen LogP contribution is -2.17. The van der Waals surface area contributed by atoms with Gasteiger partial charge in [0, 0.05) is 0 Å². The van der Waals surface area contributed by atoms with Crippen molar-refractivity contribution in [2.75, 3.05) is 0 Å². The molecule has 0 bridgehead atoms. The van der Waals surface area contributed by atoms with Gasteiger partial charge in [0.25, 0.3) is 0 Å². The van der Waals surface area contributed by atoms with Crippen LogP contribution in [0.25, 0.3) is 0 Å². The van der Waals surface area contributed by atoms with Crippen LogP contribution in [0, 0.1) is 5.41 Å². The fourth-order valence-corrected chi connectivity index (χ4v) is 3.53. The van der Waals surface area contributed by atoms with E-state index in [1.54, 1.807) is 11.1 Å². The smallest absolute Gasteiger partial charge is 0.0136 e. The van der Waals surface area contributed by atoms with Crippen molar-refractivity contribution in [2.45, 2.75) is 25.7 Å². The SMILES string of the molecule is C=CC1=C(C=C)CC2(C1)Cc1ccccc1C2. The molecule has 1 spiro atoms. The fraction of sp³-hybridized carbons (Fsp3) is 0.294. The highest BCUT2D eigenvalue weighted by atomic mass is 14.4. The first-order valence-corrected chi connectivity index (χ1v) is 6.30. The Hall–Kier alpha value is -1.56. The van der Waals surface area contributed by atoms with Gasteiger partial charge in [-0.1, -0.05) is 49.6 Å². The predicted octanol–water partition coefficient (Wildman–Crippen LogP) is 4.23. The number of allylic oxidation sites excluding steroid dienone is 4. The van der Waals surface area contributed by atoms with Gasteiger partial charge in [-0.05, 0) is 53.4 Å². The normalized spacial score (nSPS) is 20.7. The molecule has 0 unspecified atom stereocenters. The van der Waals surface area contributed by atoms with Gasteiger partial charge in [-0.15, -0.1) is 0 Å². The zero-order chi connectivity index (χ0) is 11.9. The van der Waals surface area contributed by atoms with Crippen LogP contribution in [0.3, 0.4) is 0 Å². The Morgan fingerprint density at radius 1 is 0.824 bits per heavy atom. The molecule has 2 aliphatic carbocycles. The fourth-order valence-electron chi connectivity index (χ4n) is 3.53. The van der Waals surface area contributed by atoms with Gasteiger partial charge in [-0.3, -0.25) is 0 Å². The van der Waals surface area contributed by atoms with Gasteiger partial charge in [0.05, 0.1) is 0 Å². The molecular weight excluding hydrogens is 204 g/mol. The third-order valence-electron chi connectivity index (χ3n) is 4.29. The summed E-state index contributed by atoms with van der Waals surface area (Å²) >= 11 is 0. The zero-order valence-electron chi connectivity index (χ0n) is 10.2. The van der Waals surface area contributed by atoms with E-state index in [0.717, 1.165) is 0 Å². The van der Waals surface area contributed by atoms with Gasteiger partial charge >= 0.3 is 0 Å². The van der Waals surface area contributed by atoms with Gasteiger partial charge < -0.3 is 0 Å². The Kier molecular flexibility index (Phi) is 2.32. The van der Waals surface area contributed by atoms with Crippen LogP contribution in [0.1, 0.15) is 24.0 Å². The Morgan fingerprint density at radius 3 is 1.71 bits per heavy atom. The molecule has 0 N–H and O–H groups in total. The molecule has 0 aliphatic heterocycles. The van der Waals surface area contributed by atoms with Gasteiger partial charge in [0.15, 0.2) is 0 Å². The quantitative estimate of drug-likeness (QED) is 0.702. The Morgan fingerprint density at radius 2 is 1.29 bits per heavy atom. The Balaban J connectivity index is 1.91. The monoisotopic (exact) mass is 222 g/mol. The van der Waals surface area contributed by atoms with E-state index in [1.165, 1.54) is 36.8 Å². The van der Waals surface area contributed by atoms with Crippen molar-refractivity contribution >= 4 is 0 Å². The van der Waals surface area contributed by atoms with E-state index in [-0.39, 0.29) is 0 Å². The summed E-state index contributed by atoms with van der Waals surface area (Å²) in [4.78, 5) is 0. The highest BCUT2D eigenvalue weighted by Gasteiger charge is 2.41. The van der Waals surface area contributed by atoms with Crippen molar-refractivity contribution < 1.29 is 0 Å². The average Bonchev–Trinajstić information content (AvgIpc) is 2.88. The summed E-state index contributed by atoms with van der Waals surface area (Å²) in [5, 5.41) is 0. The van der Waals surface area contributed by atoms with Crippen LogP contribution in [-0.2, 0) is 12.8 Å². The van der Waals surface area contributed by atoms with Crippen molar-refractivity contribution in [1.82, 2.24) is 0 Å². The van der Waals surface area contributed by atoms with Crippen LogP contribution in [0.2, 0.25) is 0 Å². The molecule has 0 fully saturated rings. The molecule has 0 atom stereocenters. The molecule has 0 amide bonds. The van der Waals surface area contributed by atoms with E-state index in [9.17, 15) is 0 Å². The molecule has 0 aromatic heterocycles. The molecular formula is C17H18. The zero-order valence-corrected chi connectivity index (χ0v) is 10.2. The van der Waals surface area contributed by atoms with Crippen LogP contribution in [0.15, 0.2) is 60.7 Å². The summed E-state index contributed by atoms with van der Waals surface area (Å²) in [6.45, 7) is 7.88. The van der Waals surface area contributed by atoms with Crippen molar-refractivity contribution in [3.05, 3.63) is 71.8 Å². The lowest BCUT2D eigenvalue weighted by Gasteiger charge is -2.23. The first-order valence-electron chi connectivity index (χ1n) is 6.30. The highest BCUT2D eigenvalue weighted by Crippen LogP contribution is 2.51. The van der Waals surface area contributed by atoms with Gasteiger partial charge in [-0.2, -0.15) is 0 Å². The van der Waals surface area contributed by atoms with Crippen molar-refractivity contribution in [1.29, 1.82) is 0 Å². The minimum Gasteiger partial charge on any atom is -0.0988 e. The molecule has 0 saturated heterocycles. The third kappa shape index (κ3) is 1.59. The van der Waals surface area contributed by atoms with E-state index < -0.39 is 0 Å². The summed E-state index contributed by atoms with van der Waals surface area (Å²) in [6, 6.07) is 8.87. The van der Waals surface area contributed by atoms with Crippen LogP contribution in [0.4, 0.5) is 0 Å². The number of hydrogen-bond acceptors (Lipinski definition) is 0. The maximum atomic E-state index is 3.94. The third-order valence-corrected chi connectivity index (χ3v) is 4.29. The molecule has 0 radical (unpaired) electrons. The van der Waals surface area contributed by atoms with Crippen LogP contribution in [0.5, 0.6) is 0 Å². The maximum Gasteiger partial charge on any atom is -0.0136 e. The summed E-state index contributed by atoms with van der Waals surface area (Å²) < 4.78 is 0. The van der Waals surface area contributed by atoms with E-state index in [4.69, 9.17) is 0 Å². The number of hydrogen-bond donors (Lipinski definition) is 0. The highest BCUT2D eigenvalue weighted by molar-refractivity contribution is 5.44. The molecule has 0 saturated carbocycles. The second kappa shape index (κ2) is 3.73. The molecule has 2 aliphatic rings. The molecule has 3 rings (SSSR count). The van der Waals surface area contributed by atoms with Crippen molar-refractivity contribution in [2.24, 2.45) is 5.41 Å². The largest absolute Gasteiger partial charge is 0.0988 e. The van der Waals surface area contributed by atoms with Gasteiger partial charge in [0.2, 0.25) is 0 Å². The topological polar surface area (TPSA) is 0 Å². The maximum absolute atomic E-state index is 3.94. The second-order valence-electron chi connectivity index (χ2n) is 5.43. The molecule has 0 heteroatoms. The molecule has 1 aromatic rings. The number of fused-ring (bicyclic) bond motifs is 1. The van der Waals surface area contributed by atoms with E-state index in [2.05, 4.69) is 37.4 Å². The van der Waals surface area contributed by atoms with E-state index in [0.29, 0.717) is 5.41 Å². The van der Waals surface area contributed by atoms with Gasteiger partial charge in [0.1, 0.15) is 0 Å². The predicted molar refractivity (Wildman–Crippen MR) is 72.9 cm³/mol. The average molecular weight is 222 g/mol. The summed E-state index contributed by atoms with van der Waals surface area (Å²) in [7, 11) is 0. The summed E-state index contributed by atoms with van der Waals surface area (Å²) in [5.41, 5.74) is 6.33. The second-order valence-corrected chi connectivity index (χ2v) is 5.43. The van der Waals surface area contributed by atoms with Crippen molar-refractivity contribution in [3.8, 4) is 0 Å². The van der Waals surface area contributed by atoms with Crippen LogP contribution >= 0.6 is 0 Å². The lowest BCUT2D eigenvalue weighted by molar-refractivity contribution is 0.326. The molecule has 0 heterocycles. The molecule has 1 aromatic carbocycles.